The molecule has 2 aliphatic rings. The van der Waals surface area contributed by atoms with Crippen LogP contribution in [0.3, 0.4) is 0 Å². The van der Waals surface area contributed by atoms with Crippen LogP contribution in [0.1, 0.15) is 49.9 Å². The fourth-order valence-corrected chi connectivity index (χ4v) is 9.49. The monoisotopic (exact) mass is 638 g/mol. The molecule has 0 fully saturated rings. The highest BCUT2D eigenvalue weighted by atomic mass is 14.5. The summed E-state index contributed by atoms with van der Waals surface area (Å²) in [5.74, 6) is 0. The Kier molecular flexibility index (Phi) is 6.07. The predicted molar refractivity (Wildman–Crippen MR) is 213 cm³/mol. The van der Waals surface area contributed by atoms with Gasteiger partial charge in [-0.1, -0.05) is 173 Å². The summed E-state index contributed by atoms with van der Waals surface area (Å²) in [4.78, 5) is 0. The zero-order valence-corrected chi connectivity index (χ0v) is 29.0. The molecule has 0 aliphatic heterocycles. The summed E-state index contributed by atoms with van der Waals surface area (Å²) in [6.07, 6.45) is 0. The highest BCUT2D eigenvalue weighted by Crippen LogP contribution is 2.59. The molecule has 10 rings (SSSR count). The number of benzene rings is 8. The molecule has 8 aromatic carbocycles. The van der Waals surface area contributed by atoms with Crippen molar-refractivity contribution in [3.05, 3.63) is 180 Å². The van der Waals surface area contributed by atoms with Crippen LogP contribution in [-0.4, -0.2) is 0 Å². The van der Waals surface area contributed by atoms with E-state index in [0.29, 0.717) is 0 Å². The van der Waals surface area contributed by atoms with E-state index in [9.17, 15) is 0 Å². The van der Waals surface area contributed by atoms with Crippen molar-refractivity contribution in [3.63, 3.8) is 0 Å². The van der Waals surface area contributed by atoms with Gasteiger partial charge in [0.2, 0.25) is 0 Å². The molecular formula is C50H38. The normalized spacial score (nSPS) is 14.7. The molecule has 8 aromatic rings. The van der Waals surface area contributed by atoms with Gasteiger partial charge in [0.15, 0.2) is 0 Å². The Morgan fingerprint density at radius 2 is 0.840 bits per heavy atom. The molecule has 0 unspecified atom stereocenters. The summed E-state index contributed by atoms with van der Waals surface area (Å²) in [5, 5.41) is 5.13. The van der Waals surface area contributed by atoms with Crippen LogP contribution < -0.4 is 0 Å². The van der Waals surface area contributed by atoms with Crippen molar-refractivity contribution < 1.29 is 0 Å². The molecule has 0 amide bonds. The van der Waals surface area contributed by atoms with Crippen molar-refractivity contribution >= 4 is 21.5 Å². The van der Waals surface area contributed by atoms with Crippen molar-refractivity contribution in [2.45, 2.75) is 38.5 Å². The molecule has 0 saturated heterocycles. The molecule has 0 radical (unpaired) electrons. The average molecular weight is 639 g/mol. The second-order valence-electron chi connectivity index (χ2n) is 15.3. The van der Waals surface area contributed by atoms with Gasteiger partial charge in [-0.05, 0) is 112 Å². The summed E-state index contributed by atoms with van der Waals surface area (Å²) < 4.78 is 0. The first kappa shape index (κ1) is 29.2. The number of hydrogen-bond acceptors (Lipinski definition) is 0. The summed E-state index contributed by atoms with van der Waals surface area (Å²) in [5.41, 5.74) is 18.8. The molecule has 0 saturated carbocycles. The van der Waals surface area contributed by atoms with Crippen molar-refractivity contribution in [1.29, 1.82) is 0 Å². The molecule has 0 N–H and O–H groups in total. The van der Waals surface area contributed by atoms with Crippen LogP contribution in [0.2, 0.25) is 0 Å². The maximum Gasteiger partial charge on any atom is 0.0165 e. The largest absolute Gasteiger partial charge is 0.0622 e. The molecule has 0 spiro atoms. The van der Waals surface area contributed by atoms with Gasteiger partial charge in [-0.15, -0.1) is 0 Å². The Hall–Kier alpha value is -5.72. The highest BCUT2D eigenvalue weighted by molar-refractivity contribution is 6.21. The molecule has 50 heavy (non-hydrogen) atoms. The SMILES string of the molecule is CC1(C)c2ccccc2-c2c1ccc1c2C(C)(C)c2cc(-c3cccc(-c4c5ccccc5c(-c5ccccc5)c5ccccc45)c3)ccc2-1. The van der Waals surface area contributed by atoms with Crippen molar-refractivity contribution in [1.82, 2.24) is 0 Å². The van der Waals surface area contributed by atoms with Gasteiger partial charge in [-0.3, -0.25) is 0 Å². The Balaban J connectivity index is 1.14. The quantitative estimate of drug-likeness (QED) is 0.169. The van der Waals surface area contributed by atoms with Gasteiger partial charge in [0.25, 0.3) is 0 Å². The van der Waals surface area contributed by atoms with Crippen molar-refractivity contribution in [2.75, 3.05) is 0 Å². The molecule has 2 aliphatic carbocycles. The van der Waals surface area contributed by atoms with E-state index < -0.39 is 0 Å². The smallest absolute Gasteiger partial charge is 0.0165 e. The van der Waals surface area contributed by atoms with E-state index in [-0.39, 0.29) is 10.8 Å². The highest BCUT2D eigenvalue weighted by Gasteiger charge is 2.44. The minimum atomic E-state index is -0.128. The number of hydrogen-bond donors (Lipinski definition) is 0. The molecule has 238 valence electrons. The summed E-state index contributed by atoms with van der Waals surface area (Å²) in [7, 11) is 0. The minimum Gasteiger partial charge on any atom is -0.0622 e. The lowest BCUT2D eigenvalue weighted by Gasteiger charge is -2.26. The van der Waals surface area contributed by atoms with Crippen LogP contribution in [0.5, 0.6) is 0 Å². The molecule has 0 heteroatoms. The molecule has 0 atom stereocenters. The topological polar surface area (TPSA) is 0 Å². The second-order valence-corrected chi connectivity index (χ2v) is 15.3. The number of fused-ring (bicyclic) bond motifs is 9. The van der Waals surface area contributed by atoms with Crippen LogP contribution in [0, 0.1) is 0 Å². The third-order valence-corrected chi connectivity index (χ3v) is 11.8. The summed E-state index contributed by atoms with van der Waals surface area (Å²) in [6, 6.07) is 58.9. The van der Waals surface area contributed by atoms with Gasteiger partial charge in [0.1, 0.15) is 0 Å². The lowest BCUT2D eigenvalue weighted by Crippen LogP contribution is -2.18. The molecule has 0 nitrogen and oxygen atoms in total. The third kappa shape index (κ3) is 3.94. The Morgan fingerprint density at radius 3 is 1.54 bits per heavy atom. The van der Waals surface area contributed by atoms with E-state index in [1.54, 1.807) is 0 Å². The van der Waals surface area contributed by atoms with Gasteiger partial charge >= 0.3 is 0 Å². The van der Waals surface area contributed by atoms with Gasteiger partial charge in [-0.25, -0.2) is 0 Å². The average Bonchev–Trinajstić information content (AvgIpc) is 3.53. The zero-order valence-electron chi connectivity index (χ0n) is 29.0. The molecule has 0 bridgehead atoms. The first-order chi connectivity index (χ1) is 24.3. The van der Waals surface area contributed by atoms with E-state index in [2.05, 4.69) is 185 Å². The summed E-state index contributed by atoms with van der Waals surface area (Å²) in [6.45, 7) is 9.62. The van der Waals surface area contributed by atoms with Crippen molar-refractivity contribution in [2.24, 2.45) is 0 Å². The standard InChI is InChI=1S/C50H38/c1-49(2)42-24-13-12-23-41(42)47-43(49)28-27-40-35-26-25-33(30-44(35)50(3,4)48(40)47)32-17-14-18-34(29-32)46-38-21-10-8-19-36(38)45(31-15-6-5-7-16-31)37-20-9-11-22-39(37)46/h5-30H,1-4H3. The van der Waals surface area contributed by atoms with Gasteiger partial charge < -0.3 is 0 Å². The van der Waals surface area contributed by atoms with E-state index in [0.717, 1.165) is 0 Å². The van der Waals surface area contributed by atoms with Gasteiger partial charge in [0, 0.05) is 10.8 Å². The van der Waals surface area contributed by atoms with Crippen molar-refractivity contribution in [3.8, 4) is 55.6 Å². The van der Waals surface area contributed by atoms with E-state index in [4.69, 9.17) is 0 Å². The Bertz CT molecular complexity index is 2630. The lowest BCUT2D eigenvalue weighted by molar-refractivity contribution is 0.647. The zero-order chi connectivity index (χ0) is 33.8. The van der Waals surface area contributed by atoms with Crippen LogP contribution in [0.4, 0.5) is 0 Å². The Morgan fingerprint density at radius 1 is 0.300 bits per heavy atom. The predicted octanol–water partition coefficient (Wildman–Crippen LogP) is 13.6. The molecule has 0 heterocycles. The fourth-order valence-electron chi connectivity index (χ4n) is 9.49. The fraction of sp³-hybridized carbons (Fsp3) is 0.120. The Labute approximate surface area is 294 Å². The first-order valence-corrected chi connectivity index (χ1v) is 17.9. The van der Waals surface area contributed by atoms with Crippen LogP contribution in [0.15, 0.2) is 158 Å². The number of rotatable bonds is 3. The maximum atomic E-state index is 2.47. The van der Waals surface area contributed by atoms with Crippen LogP contribution in [0.25, 0.3) is 77.2 Å². The van der Waals surface area contributed by atoms with E-state index >= 15 is 0 Å². The van der Waals surface area contributed by atoms with Crippen LogP contribution in [-0.2, 0) is 10.8 Å². The van der Waals surface area contributed by atoms with Gasteiger partial charge in [0.05, 0.1) is 0 Å². The third-order valence-electron chi connectivity index (χ3n) is 11.8. The van der Waals surface area contributed by atoms with Crippen LogP contribution >= 0.6 is 0 Å². The van der Waals surface area contributed by atoms with Gasteiger partial charge in [-0.2, -0.15) is 0 Å². The minimum absolute atomic E-state index is 0.00888. The maximum absolute atomic E-state index is 2.47. The first-order valence-electron chi connectivity index (χ1n) is 17.9. The van der Waals surface area contributed by atoms with E-state index in [1.165, 1.54) is 99.4 Å². The second kappa shape index (κ2) is 10.4. The van der Waals surface area contributed by atoms with E-state index in [1.807, 2.05) is 0 Å². The summed E-state index contributed by atoms with van der Waals surface area (Å²) >= 11 is 0. The lowest BCUT2D eigenvalue weighted by atomic mass is 9.77. The molecular weight excluding hydrogens is 601 g/mol. The molecule has 0 aromatic heterocycles.